The minimum absolute atomic E-state index is 0.0177. The van der Waals surface area contributed by atoms with Gasteiger partial charge in [0.25, 0.3) is 5.91 Å². The summed E-state index contributed by atoms with van der Waals surface area (Å²) in [6.45, 7) is 0.300. The van der Waals surface area contributed by atoms with Crippen molar-refractivity contribution in [3.05, 3.63) is 54.0 Å². The molecule has 3 rings (SSSR count). The first-order valence-corrected chi connectivity index (χ1v) is 11.1. The van der Waals surface area contributed by atoms with Crippen LogP contribution in [-0.4, -0.2) is 31.2 Å². The molecule has 1 aliphatic rings. The lowest BCUT2D eigenvalue weighted by molar-refractivity contribution is -0.120. The van der Waals surface area contributed by atoms with Crippen LogP contribution in [0, 0.1) is 0 Å². The van der Waals surface area contributed by atoms with Gasteiger partial charge in [0.05, 0.1) is 17.3 Å². The molecule has 0 radical (unpaired) electrons. The lowest BCUT2D eigenvalue weighted by Crippen LogP contribution is -2.28. The second-order valence-electron chi connectivity index (χ2n) is 6.93. The number of furan rings is 1. The highest BCUT2D eigenvalue weighted by atomic mass is 32.2. The molecule has 1 heterocycles. The summed E-state index contributed by atoms with van der Waals surface area (Å²) in [5.74, 6) is -0.489. The van der Waals surface area contributed by atoms with Gasteiger partial charge in [0.15, 0.2) is 15.6 Å². The number of rotatable bonds is 8. The Balaban J connectivity index is 1.43. The Kier molecular flexibility index (Phi) is 6.51. The first kappa shape index (κ1) is 20.1. The number of benzene rings is 1. The quantitative estimate of drug-likeness (QED) is 0.704. The Hall–Kier alpha value is -2.61. The number of hydrogen-bond acceptors (Lipinski definition) is 5. The second-order valence-corrected chi connectivity index (χ2v) is 9.33. The minimum Gasteiger partial charge on any atom is -0.459 e. The van der Waals surface area contributed by atoms with Crippen LogP contribution in [0.15, 0.2) is 47.1 Å². The van der Waals surface area contributed by atoms with Gasteiger partial charge in [-0.3, -0.25) is 9.59 Å². The van der Waals surface area contributed by atoms with Crippen LogP contribution in [0.5, 0.6) is 0 Å². The number of sulfone groups is 1. The van der Waals surface area contributed by atoms with E-state index < -0.39 is 9.84 Å². The van der Waals surface area contributed by atoms with E-state index in [0.29, 0.717) is 25.1 Å². The summed E-state index contributed by atoms with van der Waals surface area (Å²) in [7, 11) is -3.18. The molecule has 2 N–H and O–H groups in total. The van der Waals surface area contributed by atoms with E-state index in [-0.39, 0.29) is 35.0 Å². The average molecular weight is 404 g/mol. The van der Waals surface area contributed by atoms with Gasteiger partial charge in [0.2, 0.25) is 5.91 Å². The molecule has 0 saturated heterocycles. The van der Waals surface area contributed by atoms with Gasteiger partial charge in [0.1, 0.15) is 0 Å². The molecule has 0 aliphatic heterocycles. The maximum atomic E-state index is 12.2. The molecule has 2 aromatic rings. The molecular formula is C20H24N2O5S. The summed E-state index contributed by atoms with van der Waals surface area (Å²) in [6, 6.07) is 10.2. The topological polar surface area (TPSA) is 105 Å². The predicted molar refractivity (Wildman–Crippen MR) is 106 cm³/mol. The summed E-state index contributed by atoms with van der Waals surface area (Å²) in [4.78, 5) is 23.9. The lowest BCUT2D eigenvalue weighted by Gasteiger charge is -2.11. The summed E-state index contributed by atoms with van der Waals surface area (Å²) in [6.07, 6.45) is 4.75. The highest BCUT2D eigenvalue weighted by Gasteiger charge is 2.28. The van der Waals surface area contributed by atoms with Crippen molar-refractivity contribution >= 4 is 27.3 Å². The number of hydrogen-bond donors (Lipinski definition) is 2. The molecule has 7 nitrogen and oxygen atoms in total. The molecule has 0 unspecified atom stereocenters. The molecule has 28 heavy (non-hydrogen) atoms. The third-order valence-electron chi connectivity index (χ3n) is 4.87. The summed E-state index contributed by atoms with van der Waals surface area (Å²) in [5, 5.41) is 5.18. The molecule has 1 fully saturated rings. The second kappa shape index (κ2) is 9.05. The number of anilines is 1. The van der Waals surface area contributed by atoms with Crippen LogP contribution in [0.3, 0.4) is 0 Å². The van der Waals surface area contributed by atoms with Crippen LogP contribution in [0.2, 0.25) is 0 Å². The van der Waals surface area contributed by atoms with Crippen LogP contribution >= 0.6 is 0 Å². The molecule has 0 bridgehead atoms. The first-order chi connectivity index (χ1) is 13.4. The first-order valence-electron chi connectivity index (χ1n) is 9.36. The fraction of sp³-hybridized carbons (Fsp3) is 0.400. The number of amides is 2. The van der Waals surface area contributed by atoms with E-state index in [1.165, 1.54) is 6.26 Å². The van der Waals surface area contributed by atoms with Crippen LogP contribution < -0.4 is 10.6 Å². The fourth-order valence-corrected chi connectivity index (χ4v) is 5.10. The van der Waals surface area contributed by atoms with E-state index in [2.05, 4.69) is 10.6 Å². The van der Waals surface area contributed by atoms with Crippen molar-refractivity contribution in [2.24, 2.45) is 0 Å². The van der Waals surface area contributed by atoms with Gasteiger partial charge < -0.3 is 15.1 Å². The van der Waals surface area contributed by atoms with Gasteiger partial charge in [-0.1, -0.05) is 25.0 Å². The summed E-state index contributed by atoms with van der Waals surface area (Å²) in [5.41, 5.74) is 1.46. The fourth-order valence-electron chi connectivity index (χ4n) is 3.24. The molecule has 2 amide bonds. The monoisotopic (exact) mass is 404 g/mol. The maximum Gasteiger partial charge on any atom is 0.291 e. The van der Waals surface area contributed by atoms with Gasteiger partial charge in [0, 0.05) is 18.7 Å². The van der Waals surface area contributed by atoms with E-state index in [9.17, 15) is 18.0 Å². The molecule has 1 aromatic heterocycles. The molecule has 0 spiro atoms. The van der Waals surface area contributed by atoms with Gasteiger partial charge in [-0.15, -0.1) is 0 Å². The van der Waals surface area contributed by atoms with E-state index in [1.807, 2.05) is 0 Å². The van der Waals surface area contributed by atoms with Crippen LogP contribution in [-0.2, 0) is 21.2 Å². The molecule has 8 heteroatoms. The SMILES string of the molecule is O=C(CCS(=O)(=O)C1CCCC1)NCc1ccc(NC(=O)c2ccco2)cc1. The van der Waals surface area contributed by atoms with Crippen molar-refractivity contribution in [1.82, 2.24) is 5.32 Å². The Morgan fingerprint density at radius 1 is 1.07 bits per heavy atom. The zero-order chi connectivity index (χ0) is 20.0. The van der Waals surface area contributed by atoms with Gasteiger partial charge in [-0.25, -0.2) is 8.42 Å². The van der Waals surface area contributed by atoms with Gasteiger partial charge in [-0.05, 0) is 42.7 Å². The molecule has 1 saturated carbocycles. The zero-order valence-corrected chi connectivity index (χ0v) is 16.3. The molecule has 0 atom stereocenters. The third-order valence-corrected chi connectivity index (χ3v) is 7.13. The van der Waals surface area contributed by atoms with Crippen molar-refractivity contribution in [2.75, 3.05) is 11.1 Å². The van der Waals surface area contributed by atoms with E-state index in [0.717, 1.165) is 18.4 Å². The van der Waals surface area contributed by atoms with Crippen LogP contribution in [0.1, 0.15) is 48.2 Å². The largest absolute Gasteiger partial charge is 0.459 e. The van der Waals surface area contributed by atoms with E-state index in [1.54, 1.807) is 36.4 Å². The number of nitrogens with one attached hydrogen (secondary N) is 2. The number of carbonyl (C=O) groups excluding carboxylic acids is 2. The van der Waals surface area contributed by atoms with E-state index in [4.69, 9.17) is 4.42 Å². The highest BCUT2D eigenvalue weighted by molar-refractivity contribution is 7.92. The average Bonchev–Trinajstić information content (AvgIpc) is 3.40. The third kappa shape index (κ3) is 5.45. The van der Waals surface area contributed by atoms with Crippen molar-refractivity contribution in [3.8, 4) is 0 Å². The van der Waals surface area contributed by atoms with Crippen LogP contribution in [0.4, 0.5) is 5.69 Å². The zero-order valence-electron chi connectivity index (χ0n) is 15.5. The predicted octanol–water partition coefficient (Wildman–Crippen LogP) is 2.90. The molecule has 150 valence electrons. The lowest BCUT2D eigenvalue weighted by atomic mass is 10.2. The van der Waals surface area contributed by atoms with Crippen molar-refractivity contribution in [2.45, 2.75) is 43.9 Å². The Bertz CT molecular complexity index is 899. The Morgan fingerprint density at radius 2 is 1.79 bits per heavy atom. The van der Waals surface area contributed by atoms with Crippen LogP contribution in [0.25, 0.3) is 0 Å². The Labute approximate surface area is 164 Å². The normalized spacial score (nSPS) is 14.7. The highest BCUT2D eigenvalue weighted by Crippen LogP contribution is 2.25. The Morgan fingerprint density at radius 3 is 2.43 bits per heavy atom. The molecule has 1 aliphatic carbocycles. The molecule has 1 aromatic carbocycles. The maximum absolute atomic E-state index is 12.2. The van der Waals surface area contributed by atoms with Crippen molar-refractivity contribution in [1.29, 1.82) is 0 Å². The van der Waals surface area contributed by atoms with Crippen molar-refractivity contribution < 1.29 is 22.4 Å². The number of carbonyl (C=O) groups is 2. The molecular weight excluding hydrogens is 380 g/mol. The summed E-state index contributed by atoms with van der Waals surface area (Å²) >= 11 is 0. The smallest absolute Gasteiger partial charge is 0.291 e. The summed E-state index contributed by atoms with van der Waals surface area (Å²) < 4.78 is 29.4. The minimum atomic E-state index is -3.18. The van der Waals surface area contributed by atoms with E-state index >= 15 is 0 Å². The standard InChI is InChI=1S/C20H24N2O5S/c23-19(11-13-28(25,26)17-4-1-2-5-17)21-14-15-7-9-16(10-8-15)22-20(24)18-6-3-12-27-18/h3,6-10,12,17H,1-2,4-5,11,13-14H2,(H,21,23)(H,22,24). The van der Waals surface area contributed by atoms with Gasteiger partial charge in [-0.2, -0.15) is 0 Å². The van der Waals surface area contributed by atoms with Crippen molar-refractivity contribution in [3.63, 3.8) is 0 Å². The van der Waals surface area contributed by atoms with Gasteiger partial charge >= 0.3 is 0 Å².